The molecule has 0 aliphatic rings. The van der Waals surface area contributed by atoms with Gasteiger partial charge in [-0.2, -0.15) is 15.2 Å². The topological polar surface area (TPSA) is 104 Å². The van der Waals surface area contributed by atoms with E-state index >= 15 is 0 Å². The van der Waals surface area contributed by atoms with Gasteiger partial charge >= 0.3 is 5.97 Å². The summed E-state index contributed by atoms with van der Waals surface area (Å²) >= 11 is 0. The third-order valence-corrected chi connectivity index (χ3v) is 7.34. The van der Waals surface area contributed by atoms with Crippen molar-refractivity contribution in [2.75, 3.05) is 0 Å². The molecule has 0 fully saturated rings. The predicted molar refractivity (Wildman–Crippen MR) is 164 cm³/mol. The molecule has 1 N–H and O–H groups in total. The molecule has 6 aromatic rings. The quantitative estimate of drug-likeness (QED) is 0.203. The molecular weight excluding hydrogens is 542 g/mol. The third kappa shape index (κ3) is 5.83. The maximum atomic E-state index is 11.3. The molecule has 6 rings (SSSR count). The molecule has 0 bridgehead atoms. The number of aliphatic carboxylic acids is 1. The van der Waals surface area contributed by atoms with E-state index in [0.717, 1.165) is 55.8 Å². The molecule has 0 atom stereocenters. The number of ether oxygens (including phenoxy) is 2. The first kappa shape index (κ1) is 27.7. The van der Waals surface area contributed by atoms with Crippen LogP contribution < -0.4 is 9.47 Å². The molecule has 0 radical (unpaired) electrons. The first-order chi connectivity index (χ1) is 20.9. The lowest BCUT2D eigenvalue weighted by atomic mass is 10.0. The molecule has 216 valence electrons. The Balaban J connectivity index is 1.37. The van der Waals surface area contributed by atoms with Gasteiger partial charge in [0.1, 0.15) is 25.5 Å². The monoisotopic (exact) mass is 573 g/mol. The number of pyridine rings is 1. The third-order valence-electron chi connectivity index (χ3n) is 7.34. The van der Waals surface area contributed by atoms with Crippen molar-refractivity contribution >= 4 is 16.9 Å². The Morgan fingerprint density at radius 1 is 0.837 bits per heavy atom. The van der Waals surface area contributed by atoms with Crippen LogP contribution in [0.3, 0.4) is 0 Å². The van der Waals surface area contributed by atoms with Crippen LogP contribution in [-0.2, 0) is 31.6 Å². The fourth-order valence-corrected chi connectivity index (χ4v) is 5.26. The van der Waals surface area contributed by atoms with Gasteiger partial charge in [0.25, 0.3) is 0 Å². The molecule has 0 unspecified atom stereocenters. The average Bonchev–Trinajstić information content (AvgIpc) is 3.49. The number of rotatable bonds is 10. The molecule has 0 aliphatic carbocycles. The van der Waals surface area contributed by atoms with Gasteiger partial charge in [-0.1, -0.05) is 66.7 Å². The van der Waals surface area contributed by atoms with Gasteiger partial charge in [0, 0.05) is 29.8 Å². The average molecular weight is 574 g/mol. The van der Waals surface area contributed by atoms with Crippen LogP contribution in [-0.4, -0.2) is 35.6 Å². The molecule has 9 nitrogen and oxygen atoms in total. The Hall–Kier alpha value is -5.44. The molecule has 0 aliphatic heterocycles. The lowest BCUT2D eigenvalue weighted by Gasteiger charge is -2.12. The van der Waals surface area contributed by atoms with Gasteiger partial charge in [0.15, 0.2) is 0 Å². The van der Waals surface area contributed by atoms with Crippen molar-refractivity contribution in [1.29, 1.82) is 0 Å². The molecule has 0 saturated heterocycles. The molecule has 9 heteroatoms. The number of benzene rings is 3. The summed E-state index contributed by atoms with van der Waals surface area (Å²) in [6.45, 7) is 4.33. The predicted octanol–water partition coefficient (Wildman–Crippen LogP) is 6.36. The van der Waals surface area contributed by atoms with E-state index in [1.165, 1.54) is 4.68 Å². The molecule has 3 heterocycles. The van der Waals surface area contributed by atoms with Crippen molar-refractivity contribution in [1.82, 2.24) is 24.5 Å². The first-order valence-electron chi connectivity index (χ1n) is 13.9. The smallest absolute Gasteiger partial charge is 0.325 e. The van der Waals surface area contributed by atoms with Crippen molar-refractivity contribution in [3.63, 3.8) is 0 Å². The Morgan fingerprint density at radius 3 is 2.19 bits per heavy atom. The van der Waals surface area contributed by atoms with Crippen molar-refractivity contribution in [3.8, 4) is 34.1 Å². The van der Waals surface area contributed by atoms with E-state index in [9.17, 15) is 9.90 Å². The second-order valence-corrected chi connectivity index (χ2v) is 10.4. The second-order valence-electron chi connectivity index (χ2n) is 10.4. The largest absolute Gasteiger partial charge is 0.480 e. The van der Waals surface area contributed by atoms with Gasteiger partial charge in [-0.15, -0.1) is 0 Å². The van der Waals surface area contributed by atoms with Gasteiger partial charge < -0.3 is 14.6 Å². The highest BCUT2D eigenvalue weighted by atomic mass is 16.5. The molecule has 43 heavy (non-hydrogen) atoms. The summed E-state index contributed by atoms with van der Waals surface area (Å²) in [5.41, 5.74) is 7.90. The van der Waals surface area contributed by atoms with Gasteiger partial charge in [0.2, 0.25) is 11.8 Å². The molecule has 0 saturated carbocycles. The van der Waals surface area contributed by atoms with E-state index in [-0.39, 0.29) is 6.54 Å². The lowest BCUT2D eigenvalue weighted by molar-refractivity contribution is -0.137. The number of hydrogen-bond acceptors (Lipinski definition) is 6. The summed E-state index contributed by atoms with van der Waals surface area (Å²) in [4.78, 5) is 16.1. The van der Waals surface area contributed by atoms with E-state index in [2.05, 4.69) is 11.2 Å². The second kappa shape index (κ2) is 11.8. The fraction of sp³-hybridized carbons (Fsp3) is 0.176. The maximum Gasteiger partial charge on any atom is 0.325 e. The van der Waals surface area contributed by atoms with Crippen LogP contribution in [0.5, 0.6) is 11.8 Å². The minimum absolute atomic E-state index is 0.186. The number of hydrogen-bond donors (Lipinski definition) is 1. The van der Waals surface area contributed by atoms with Crippen LogP contribution in [0, 0.1) is 13.8 Å². The van der Waals surface area contributed by atoms with Crippen molar-refractivity contribution in [2.45, 2.75) is 33.6 Å². The highest BCUT2D eigenvalue weighted by molar-refractivity contribution is 5.97. The summed E-state index contributed by atoms with van der Waals surface area (Å²) in [7, 11) is 1.90. The number of aromatic nitrogens is 5. The first-order valence-corrected chi connectivity index (χ1v) is 13.9. The molecule has 0 amide bonds. The van der Waals surface area contributed by atoms with Crippen LogP contribution in [0.25, 0.3) is 33.3 Å². The van der Waals surface area contributed by atoms with E-state index in [0.29, 0.717) is 25.0 Å². The van der Waals surface area contributed by atoms with Crippen molar-refractivity contribution in [3.05, 3.63) is 114 Å². The van der Waals surface area contributed by atoms with Crippen molar-refractivity contribution < 1.29 is 19.4 Å². The van der Waals surface area contributed by atoms with Gasteiger partial charge in [-0.3, -0.25) is 14.2 Å². The SMILES string of the molecule is Cc1nn(CC(=O)O)c(C)c1-c1ccc2c(-c3ccc(OCc4ccccc4)nc3OCc3ccccc3)nn(C)c2c1. The van der Waals surface area contributed by atoms with Crippen LogP contribution in [0.15, 0.2) is 91.0 Å². The van der Waals surface area contributed by atoms with Crippen LogP contribution >= 0.6 is 0 Å². The summed E-state index contributed by atoms with van der Waals surface area (Å²) < 4.78 is 15.7. The van der Waals surface area contributed by atoms with Crippen LogP contribution in [0.1, 0.15) is 22.5 Å². The summed E-state index contributed by atoms with van der Waals surface area (Å²) in [6.07, 6.45) is 0. The number of carboxylic acid groups (broad SMARTS) is 1. The zero-order valence-corrected chi connectivity index (χ0v) is 24.2. The fourth-order valence-electron chi connectivity index (χ4n) is 5.26. The van der Waals surface area contributed by atoms with E-state index in [1.807, 2.05) is 111 Å². The molecule has 3 aromatic heterocycles. The Kier molecular flexibility index (Phi) is 7.61. The summed E-state index contributed by atoms with van der Waals surface area (Å²) in [5, 5.41) is 19.6. The number of carbonyl (C=O) groups is 1. The molecule has 3 aromatic carbocycles. The van der Waals surface area contributed by atoms with E-state index in [1.54, 1.807) is 0 Å². The minimum atomic E-state index is -0.931. The number of carboxylic acids is 1. The maximum absolute atomic E-state index is 11.3. The van der Waals surface area contributed by atoms with E-state index < -0.39 is 5.97 Å². The van der Waals surface area contributed by atoms with E-state index in [4.69, 9.17) is 19.6 Å². The highest BCUT2D eigenvalue weighted by Gasteiger charge is 2.20. The molecular formula is C34H31N5O4. The van der Waals surface area contributed by atoms with Crippen molar-refractivity contribution in [2.24, 2.45) is 7.05 Å². The number of fused-ring (bicyclic) bond motifs is 1. The highest BCUT2D eigenvalue weighted by Crippen LogP contribution is 2.37. The summed E-state index contributed by atoms with van der Waals surface area (Å²) in [5.74, 6) is -0.0399. The lowest BCUT2D eigenvalue weighted by Crippen LogP contribution is -2.11. The number of nitrogens with zero attached hydrogens (tertiary/aromatic N) is 5. The Labute approximate surface area is 249 Å². The van der Waals surface area contributed by atoms with Crippen LogP contribution in [0.2, 0.25) is 0 Å². The number of aryl methyl sites for hydroxylation is 2. The molecule has 0 spiro atoms. The Bertz CT molecular complexity index is 1910. The van der Waals surface area contributed by atoms with Gasteiger partial charge in [0.05, 0.1) is 16.8 Å². The standard InChI is InChI=1S/C34H31N5O4/c1-22-32(23(2)39(36-22)19-31(40)41)26-14-15-27-29(18-26)38(3)37-33(27)28-16-17-30(42-20-24-10-6-4-7-11-24)35-34(28)43-21-25-12-8-5-9-13-25/h4-18H,19-21H2,1-3H3,(H,40,41). The van der Waals surface area contributed by atoms with Gasteiger partial charge in [-0.25, -0.2) is 0 Å². The Morgan fingerprint density at radius 2 is 1.51 bits per heavy atom. The normalized spacial score (nSPS) is 11.1. The minimum Gasteiger partial charge on any atom is -0.480 e. The van der Waals surface area contributed by atoms with Crippen LogP contribution in [0.4, 0.5) is 0 Å². The summed E-state index contributed by atoms with van der Waals surface area (Å²) in [6, 6.07) is 29.8. The zero-order valence-electron chi connectivity index (χ0n) is 24.2. The van der Waals surface area contributed by atoms with Gasteiger partial charge in [-0.05, 0) is 48.7 Å². The zero-order chi connectivity index (χ0) is 29.9.